The Labute approximate surface area is 74.2 Å². The number of nitrogens with zero attached hydrogens (tertiary/aromatic N) is 1. The molecule has 1 aliphatic heterocycles. The number of β-amino-alcohol motifs (C(OH)–C–C–N with tert-alkyl or cyclic N) is 1. The van der Waals surface area contributed by atoms with Gasteiger partial charge < -0.3 is 10.4 Å². The third kappa shape index (κ3) is 3.91. The normalized spacial score (nSPS) is 26.2. The van der Waals surface area contributed by atoms with E-state index in [0.717, 1.165) is 26.2 Å². The molecule has 11 heavy (non-hydrogen) atoms. The Balaban J connectivity index is 0.000001000. The smallest absolute Gasteiger partial charge is 0.0558 e. The van der Waals surface area contributed by atoms with E-state index in [1.807, 2.05) is 0 Å². The number of rotatable bonds is 2. The van der Waals surface area contributed by atoms with E-state index in [9.17, 15) is 0 Å². The number of aliphatic hydroxyl groups excluding tert-OH is 1. The van der Waals surface area contributed by atoms with Gasteiger partial charge >= 0.3 is 0 Å². The van der Waals surface area contributed by atoms with E-state index in [1.165, 1.54) is 0 Å². The molecule has 0 amide bonds. The Hall–Kier alpha value is 0.170. The van der Waals surface area contributed by atoms with E-state index in [2.05, 4.69) is 17.1 Å². The molecule has 0 radical (unpaired) electrons. The second-order valence-electron chi connectivity index (χ2n) is 2.88. The fourth-order valence-electron chi connectivity index (χ4n) is 1.36. The number of piperazine rings is 1. The Morgan fingerprint density at radius 2 is 2.36 bits per heavy atom. The van der Waals surface area contributed by atoms with Gasteiger partial charge in [-0.15, -0.1) is 12.4 Å². The minimum absolute atomic E-state index is 0. The molecule has 1 rings (SSSR count). The van der Waals surface area contributed by atoms with Gasteiger partial charge in [-0.2, -0.15) is 0 Å². The van der Waals surface area contributed by atoms with Gasteiger partial charge in [0, 0.05) is 32.2 Å². The molecule has 0 aromatic rings. The molecule has 3 nitrogen and oxygen atoms in total. The first-order valence-electron chi connectivity index (χ1n) is 3.89. The average Bonchev–Trinajstić information content (AvgIpc) is 1.88. The average molecular weight is 181 g/mol. The lowest BCUT2D eigenvalue weighted by molar-refractivity contribution is 0.161. The predicted octanol–water partition coefficient (Wildman–Crippen LogP) is -0.306. The highest BCUT2D eigenvalue weighted by molar-refractivity contribution is 5.85. The van der Waals surface area contributed by atoms with Crippen LogP contribution in [0.3, 0.4) is 0 Å². The molecule has 1 aliphatic rings. The van der Waals surface area contributed by atoms with Crippen molar-refractivity contribution in [3.05, 3.63) is 0 Å². The van der Waals surface area contributed by atoms with Gasteiger partial charge in [0.05, 0.1) is 6.61 Å². The molecular formula is C7H17ClN2O. The molecule has 68 valence electrons. The first-order chi connectivity index (χ1) is 4.83. The molecule has 0 aliphatic carbocycles. The lowest BCUT2D eigenvalue weighted by atomic mass is 10.2. The standard InChI is InChI=1S/C7H16N2O.ClH/c1-7-6-9(4-5-10)3-2-8-7;/h7-8,10H,2-6H2,1H3;1H. The summed E-state index contributed by atoms with van der Waals surface area (Å²) >= 11 is 0. The van der Waals surface area contributed by atoms with Gasteiger partial charge in [-0.3, -0.25) is 4.90 Å². The summed E-state index contributed by atoms with van der Waals surface area (Å²) in [5.41, 5.74) is 0. The van der Waals surface area contributed by atoms with Crippen LogP contribution >= 0.6 is 12.4 Å². The van der Waals surface area contributed by atoms with Gasteiger partial charge in [0.2, 0.25) is 0 Å². The maximum atomic E-state index is 8.64. The van der Waals surface area contributed by atoms with Gasteiger partial charge in [0.25, 0.3) is 0 Å². The summed E-state index contributed by atoms with van der Waals surface area (Å²) in [5, 5.41) is 12.0. The third-order valence-electron chi connectivity index (χ3n) is 1.87. The van der Waals surface area contributed by atoms with Crippen molar-refractivity contribution in [2.24, 2.45) is 0 Å². The number of halogens is 1. The van der Waals surface area contributed by atoms with Gasteiger partial charge in [0.15, 0.2) is 0 Å². The van der Waals surface area contributed by atoms with Crippen molar-refractivity contribution in [3.8, 4) is 0 Å². The maximum Gasteiger partial charge on any atom is 0.0558 e. The first kappa shape index (κ1) is 11.2. The van der Waals surface area contributed by atoms with Gasteiger partial charge in [-0.25, -0.2) is 0 Å². The van der Waals surface area contributed by atoms with Gasteiger partial charge in [0.1, 0.15) is 0 Å². The van der Waals surface area contributed by atoms with Crippen molar-refractivity contribution < 1.29 is 5.11 Å². The van der Waals surface area contributed by atoms with Gasteiger partial charge in [-0.1, -0.05) is 0 Å². The summed E-state index contributed by atoms with van der Waals surface area (Å²) in [6.45, 7) is 6.48. The second-order valence-corrected chi connectivity index (χ2v) is 2.88. The molecule has 0 saturated carbocycles. The topological polar surface area (TPSA) is 35.5 Å². The lowest BCUT2D eigenvalue weighted by Crippen LogP contribution is -2.49. The van der Waals surface area contributed by atoms with Crippen molar-refractivity contribution >= 4 is 12.4 Å². The van der Waals surface area contributed by atoms with Crippen molar-refractivity contribution in [1.29, 1.82) is 0 Å². The van der Waals surface area contributed by atoms with Crippen LogP contribution in [0, 0.1) is 0 Å². The fraction of sp³-hybridized carbons (Fsp3) is 1.00. The summed E-state index contributed by atoms with van der Waals surface area (Å²) in [5.74, 6) is 0. The highest BCUT2D eigenvalue weighted by Crippen LogP contribution is 1.96. The summed E-state index contributed by atoms with van der Waals surface area (Å²) in [6.07, 6.45) is 0. The number of nitrogens with one attached hydrogen (secondary N) is 1. The quantitative estimate of drug-likeness (QED) is 0.613. The van der Waals surface area contributed by atoms with E-state index in [-0.39, 0.29) is 19.0 Å². The lowest BCUT2D eigenvalue weighted by Gasteiger charge is -2.31. The van der Waals surface area contributed by atoms with E-state index >= 15 is 0 Å². The third-order valence-corrected chi connectivity index (χ3v) is 1.87. The maximum absolute atomic E-state index is 8.64. The van der Waals surface area contributed by atoms with Crippen molar-refractivity contribution in [2.75, 3.05) is 32.8 Å². The molecule has 0 spiro atoms. The Bertz CT molecular complexity index is 100. The zero-order valence-corrected chi connectivity index (χ0v) is 7.73. The largest absolute Gasteiger partial charge is 0.395 e. The molecule has 1 unspecified atom stereocenters. The van der Waals surface area contributed by atoms with Crippen molar-refractivity contribution in [1.82, 2.24) is 10.2 Å². The van der Waals surface area contributed by atoms with Crippen LogP contribution in [0.15, 0.2) is 0 Å². The van der Waals surface area contributed by atoms with Crippen LogP contribution < -0.4 is 5.32 Å². The SMILES string of the molecule is CC1CN(CCO)CCN1.Cl. The predicted molar refractivity (Wildman–Crippen MR) is 48.2 cm³/mol. The molecule has 0 aromatic heterocycles. The van der Waals surface area contributed by atoms with Crippen LogP contribution in [0.2, 0.25) is 0 Å². The minimum atomic E-state index is 0. The van der Waals surface area contributed by atoms with Crippen LogP contribution in [-0.2, 0) is 0 Å². The Morgan fingerprint density at radius 1 is 1.64 bits per heavy atom. The molecule has 2 N–H and O–H groups in total. The Morgan fingerprint density at radius 3 is 2.91 bits per heavy atom. The van der Waals surface area contributed by atoms with E-state index in [1.54, 1.807) is 0 Å². The van der Waals surface area contributed by atoms with Gasteiger partial charge in [-0.05, 0) is 6.92 Å². The minimum Gasteiger partial charge on any atom is -0.395 e. The summed E-state index contributed by atoms with van der Waals surface area (Å²) in [6, 6.07) is 0.584. The van der Waals surface area contributed by atoms with E-state index < -0.39 is 0 Å². The zero-order valence-electron chi connectivity index (χ0n) is 6.92. The van der Waals surface area contributed by atoms with E-state index in [4.69, 9.17) is 5.11 Å². The van der Waals surface area contributed by atoms with Crippen LogP contribution in [0.25, 0.3) is 0 Å². The van der Waals surface area contributed by atoms with Crippen molar-refractivity contribution in [3.63, 3.8) is 0 Å². The molecule has 0 aromatic carbocycles. The molecular weight excluding hydrogens is 164 g/mol. The zero-order chi connectivity index (χ0) is 7.40. The highest BCUT2D eigenvalue weighted by Gasteiger charge is 2.13. The van der Waals surface area contributed by atoms with Crippen LogP contribution in [0.4, 0.5) is 0 Å². The Kier molecular flexibility index (Phi) is 5.86. The van der Waals surface area contributed by atoms with Crippen LogP contribution in [0.5, 0.6) is 0 Å². The molecule has 1 fully saturated rings. The first-order valence-corrected chi connectivity index (χ1v) is 3.89. The molecule has 1 atom stereocenters. The monoisotopic (exact) mass is 180 g/mol. The summed E-state index contributed by atoms with van der Waals surface area (Å²) in [4.78, 5) is 2.28. The number of aliphatic hydroxyl groups is 1. The second kappa shape index (κ2) is 5.77. The van der Waals surface area contributed by atoms with Crippen LogP contribution in [-0.4, -0.2) is 48.8 Å². The molecule has 4 heteroatoms. The van der Waals surface area contributed by atoms with E-state index in [0.29, 0.717) is 6.04 Å². The fourth-order valence-corrected chi connectivity index (χ4v) is 1.36. The van der Waals surface area contributed by atoms with Crippen molar-refractivity contribution in [2.45, 2.75) is 13.0 Å². The molecule has 0 bridgehead atoms. The summed E-state index contributed by atoms with van der Waals surface area (Å²) in [7, 11) is 0. The molecule has 1 saturated heterocycles. The highest BCUT2D eigenvalue weighted by atomic mass is 35.5. The molecule has 1 heterocycles. The summed E-state index contributed by atoms with van der Waals surface area (Å²) < 4.78 is 0. The number of hydrogen-bond donors (Lipinski definition) is 2. The number of hydrogen-bond acceptors (Lipinski definition) is 3. The van der Waals surface area contributed by atoms with Crippen LogP contribution in [0.1, 0.15) is 6.92 Å².